The van der Waals surface area contributed by atoms with E-state index in [1.807, 2.05) is 0 Å². The number of phosphoric acid groups is 1. The molecule has 3 atom stereocenters. The molecule has 0 aliphatic heterocycles. The highest BCUT2D eigenvalue weighted by atomic mass is 31.2. The van der Waals surface area contributed by atoms with Gasteiger partial charge in [-0.05, 0) is 32.1 Å². The maximum Gasteiger partial charge on any atom is 0.404 e. The number of unbranched alkanes of at least 4 members (excludes halogenated alkanes) is 22. The molecule has 276 valence electrons. The first-order valence-corrected chi connectivity index (χ1v) is 20.4. The second-order valence-electron chi connectivity index (χ2n) is 14.3. The Morgan fingerprint density at radius 3 is 1.48 bits per heavy atom. The van der Waals surface area contributed by atoms with Crippen molar-refractivity contribution in [1.29, 1.82) is 0 Å². The Bertz CT molecular complexity index is 736. The number of ether oxygens (including phenoxy) is 2. The second kappa shape index (κ2) is 30.4. The number of nitrogens with zero attached hydrogens (tertiary/aromatic N) is 1. The molecule has 0 fully saturated rings. The normalized spacial score (nSPS) is 14.7. The van der Waals surface area contributed by atoms with Crippen molar-refractivity contribution in [2.24, 2.45) is 5.73 Å². The summed E-state index contributed by atoms with van der Waals surface area (Å²) in [5.41, 5.74) is 5.29. The number of hydrogen-bond donors (Lipinski definition) is 1. The summed E-state index contributed by atoms with van der Waals surface area (Å²) < 4.78 is 34.2. The van der Waals surface area contributed by atoms with Gasteiger partial charge in [0.2, 0.25) is 0 Å². The van der Waals surface area contributed by atoms with Crippen LogP contribution < -0.4 is 10.6 Å². The molecule has 0 saturated heterocycles. The van der Waals surface area contributed by atoms with E-state index in [0.29, 0.717) is 12.8 Å². The predicted molar refractivity (Wildman–Crippen MR) is 189 cm³/mol. The van der Waals surface area contributed by atoms with Gasteiger partial charge >= 0.3 is 6.09 Å². The number of carbonyl (C=O) groups excluding carboxylic acids is 1. The first-order chi connectivity index (χ1) is 22.0. The Kier molecular flexibility index (Phi) is 29.9. The monoisotopic (exact) mass is 679 g/mol. The molecule has 9 nitrogen and oxygen atoms in total. The molecule has 0 aliphatic carbocycles. The Morgan fingerprint density at radius 1 is 0.652 bits per heavy atom. The lowest BCUT2D eigenvalue weighted by molar-refractivity contribution is -0.870. The molecule has 46 heavy (non-hydrogen) atoms. The van der Waals surface area contributed by atoms with Gasteiger partial charge in [0.05, 0.1) is 40.9 Å². The third kappa shape index (κ3) is 31.9. The van der Waals surface area contributed by atoms with Crippen LogP contribution in [0.4, 0.5) is 4.79 Å². The van der Waals surface area contributed by atoms with Gasteiger partial charge in [-0.1, -0.05) is 135 Å². The summed E-state index contributed by atoms with van der Waals surface area (Å²) in [6.07, 6.45) is 27.4. The zero-order valence-corrected chi connectivity index (χ0v) is 31.7. The third-order valence-electron chi connectivity index (χ3n) is 8.70. The van der Waals surface area contributed by atoms with Crippen molar-refractivity contribution in [3.05, 3.63) is 0 Å². The summed E-state index contributed by atoms with van der Waals surface area (Å²) >= 11 is 0. The molecule has 0 bridgehead atoms. The van der Waals surface area contributed by atoms with Crippen molar-refractivity contribution in [2.75, 3.05) is 48.0 Å². The third-order valence-corrected chi connectivity index (χ3v) is 9.66. The Balaban J connectivity index is 4.01. The lowest BCUT2D eigenvalue weighted by Gasteiger charge is -2.29. The van der Waals surface area contributed by atoms with Crippen LogP contribution in [0.1, 0.15) is 167 Å². The average Bonchev–Trinajstić information content (AvgIpc) is 2.98. The fourth-order valence-electron chi connectivity index (χ4n) is 5.82. The van der Waals surface area contributed by atoms with Gasteiger partial charge in [0.15, 0.2) is 0 Å². The second-order valence-corrected chi connectivity index (χ2v) is 15.7. The molecule has 0 aromatic carbocycles. The van der Waals surface area contributed by atoms with Gasteiger partial charge in [0.1, 0.15) is 12.2 Å². The number of quaternary nitrogens is 1. The van der Waals surface area contributed by atoms with E-state index < -0.39 is 26.1 Å². The zero-order valence-electron chi connectivity index (χ0n) is 30.8. The fraction of sp³-hybridized carbons (Fsp3) is 0.972. The van der Waals surface area contributed by atoms with Crippen molar-refractivity contribution in [1.82, 2.24) is 0 Å². The SMILES string of the molecule is CCCCCCCCCCCCCCCCCCC(OC(N)=O)C(COP(=O)([O-])OCCCCCCCCCC[N+](C)(C)C)OC. The maximum absolute atomic E-state index is 12.3. The van der Waals surface area contributed by atoms with Crippen LogP contribution in [0.5, 0.6) is 0 Å². The van der Waals surface area contributed by atoms with Gasteiger partial charge in [0, 0.05) is 7.11 Å². The largest absolute Gasteiger partial charge is 0.756 e. The predicted octanol–water partition coefficient (Wildman–Crippen LogP) is 9.45. The van der Waals surface area contributed by atoms with Gasteiger partial charge in [-0.3, -0.25) is 4.57 Å². The Morgan fingerprint density at radius 2 is 1.07 bits per heavy atom. The molecule has 1 amide bonds. The summed E-state index contributed by atoms with van der Waals surface area (Å²) in [5.74, 6) is 0. The Hall–Kier alpha value is -0.700. The van der Waals surface area contributed by atoms with Crippen LogP contribution in [0, 0.1) is 0 Å². The van der Waals surface area contributed by atoms with E-state index >= 15 is 0 Å². The van der Waals surface area contributed by atoms with Gasteiger partial charge in [-0.25, -0.2) is 4.79 Å². The quantitative estimate of drug-likeness (QED) is 0.0403. The minimum atomic E-state index is -4.49. The molecule has 0 aromatic rings. The number of carbonyl (C=O) groups is 1. The molecule has 10 heteroatoms. The number of nitrogens with two attached hydrogens (primary N) is 1. The summed E-state index contributed by atoms with van der Waals surface area (Å²) in [4.78, 5) is 23.8. The molecular weight excluding hydrogens is 603 g/mol. The maximum atomic E-state index is 12.3. The minimum Gasteiger partial charge on any atom is -0.756 e. The van der Waals surface area contributed by atoms with E-state index in [-0.39, 0.29) is 13.2 Å². The molecule has 0 rings (SSSR count). The van der Waals surface area contributed by atoms with E-state index in [1.54, 1.807) is 0 Å². The molecule has 0 heterocycles. The van der Waals surface area contributed by atoms with Crippen molar-refractivity contribution in [3.8, 4) is 0 Å². The van der Waals surface area contributed by atoms with Crippen LogP contribution >= 0.6 is 7.82 Å². The summed E-state index contributed by atoms with van der Waals surface area (Å²) in [7, 11) is 3.63. The van der Waals surface area contributed by atoms with Crippen LogP contribution in [-0.2, 0) is 23.1 Å². The van der Waals surface area contributed by atoms with Crippen molar-refractivity contribution in [3.63, 3.8) is 0 Å². The van der Waals surface area contributed by atoms with Crippen LogP contribution in [0.15, 0.2) is 0 Å². The molecule has 3 unspecified atom stereocenters. The number of rotatable bonds is 35. The summed E-state index contributed by atoms with van der Waals surface area (Å²) in [6.45, 7) is 3.28. The molecule has 0 aromatic heterocycles. The lowest BCUT2D eigenvalue weighted by atomic mass is 10.0. The highest BCUT2D eigenvalue weighted by molar-refractivity contribution is 7.45. The smallest absolute Gasteiger partial charge is 0.404 e. The van der Waals surface area contributed by atoms with Crippen molar-refractivity contribution < 1.29 is 37.3 Å². The molecule has 0 saturated carbocycles. The van der Waals surface area contributed by atoms with Crippen LogP contribution in [0.3, 0.4) is 0 Å². The van der Waals surface area contributed by atoms with E-state index in [9.17, 15) is 14.3 Å². The van der Waals surface area contributed by atoms with Crippen molar-refractivity contribution in [2.45, 2.75) is 180 Å². The van der Waals surface area contributed by atoms with Gasteiger partial charge in [-0.2, -0.15) is 0 Å². The molecule has 0 aliphatic rings. The Labute approximate surface area is 284 Å². The molecule has 0 radical (unpaired) electrons. The van der Waals surface area contributed by atoms with Crippen LogP contribution in [0.25, 0.3) is 0 Å². The minimum absolute atomic E-state index is 0.0995. The van der Waals surface area contributed by atoms with Gasteiger partial charge < -0.3 is 33.6 Å². The first kappa shape index (κ1) is 45.3. The van der Waals surface area contributed by atoms with Crippen molar-refractivity contribution >= 4 is 13.9 Å². The molecule has 0 spiro atoms. The number of amides is 1. The standard InChI is InChI=1S/C36H75N2O7P/c1-6-7-8-9-10-11-12-13-14-15-16-17-18-21-24-27-30-34(45-36(37)39)35(42-5)33-44-46(40,41)43-32-29-26-23-20-19-22-25-28-31-38(2,3)4/h34-35H,6-33H2,1-5H3,(H2-,37,39,40,41). The number of phosphoric ester groups is 1. The number of methoxy groups -OCH3 is 1. The van der Waals surface area contributed by atoms with E-state index in [0.717, 1.165) is 43.0 Å². The molecule has 2 N–H and O–H groups in total. The summed E-state index contributed by atoms with van der Waals surface area (Å²) in [6, 6.07) is 0. The number of primary amides is 1. The number of hydrogen-bond acceptors (Lipinski definition) is 7. The van der Waals surface area contributed by atoms with E-state index in [2.05, 4.69) is 28.1 Å². The van der Waals surface area contributed by atoms with Crippen LogP contribution in [0.2, 0.25) is 0 Å². The highest BCUT2D eigenvalue weighted by Crippen LogP contribution is 2.39. The van der Waals surface area contributed by atoms with Gasteiger partial charge in [-0.15, -0.1) is 0 Å². The highest BCUT2D eigenvalue weighted by Gasteiger charge is 2.26. The summed E-state index contributed by atoms with van der Waals surface area (Å²) in [5, 5.41) is 0. The van der Waals surface area contributed by atoms with Crippen LogP contribution in [-0.4, -0.2) is 70.8 Å². The van der Waals surface area contributed by atoms with E-state index in [4.69, 9.17) is 24.3 Å². The fourth-order valence-corrected chi connectivity index (χ4v) is 6.57. The first-order valence-electron chi connectivity index (χ1n) is 18.9. The lowest BCUT2D eigenvalue weighted by Crippen LogP contribution is -2.38. The average molecular weight is 679 g/mol. The van der Waals surface area contributed by atoms with Gasteiger partial charge in [0.25, 0.3) is 7.82 Å². The topological polar surface area (TPSA) is 120 Å². The van der Waals surface area contributed by atoms with E-state index in [1.165, 1.54) is 123 Å². The molecular formula is C36H75N2O7P. The zero-order chi connectivity index (χ0) is 34.4.